The standard InChI is InChI=1S/C13H15NO3/c1-8-6-9(2)13(10(3)7-8)14-11(15)4-5-12(16)17/h4-7H,1-3H3,(H,14,15)(H,16,17)/p-1/b5-4+. The largest absolute Gasteiger partial charge is 0.545 e. The van der Waals surface area contributed by atoms with Gasteiger partial charge in [0.1, 0.15) is 0 Å². The van der Waals surface area contributed by atoms with Gasteiger partial charge in [0.15, 0.2) is 0 Å². The number of carboxylic acid groups (broad SMARTS) is 1. The van der Waals surface area contributed by atoms with Gasteiger partial charge in [-0.1, -0.05) is 17.7 Å². The highest BCUT2D eigenvalue weighted by Crippen LogP contribution is 2.21. The van der Waals surface area contributed by atoms with Gasteiger partial charge in [-0.2, -0.15) is 0 Å². The number of carboxylic acids is 1. The predicted molar refractivity (Wildman–Crippen MR) is 63.4 cm³/mol. The molecule has 0 aliphatic carbocycles. The van der Waals surface area contributed by atoms with Gasteiger partial charge >= 0.3 is 0 Å². The maximum atomic E-state index is 11.4. The number of amides is 1. The second-order valence-corrected chi connectivity index (χ2v) is 3.92. The summed E-state index contributed by atoms with van der Waals surface area (Å²) in [5, 5.41) is 12.8. The van der Waals surface area contributed by atoms with E-state index in [4.69, 9.17) is 0 Å². The fraction of sp³-hybridized carbons (Fsp3) is 0.231. The van der Waals surface area contributed by atoms with Crippen molar-refractivity contribution in [3.05, 3.63) is 41.0 Å². The molecule has 4 nitrogen and oxygen atoms in total. The number of hydrogen-bond donors (Lipinski definition) is 1. The van der Waals surface area contributed by atoms with Gasteiger partial charge in [0.05, 0.1) is 5.97 Å². The smallest absolute Gasteiger partial charge is 0.248 e. The monoisotopic (exact) mass is 232 g/mol. The molecule has 17 heavy (non-hydrogen) atoms. The number of nitrogens with one attached hydrogen (secondary N) is 1. The molecular formula is C13H14NO3-. The van der Waals surface area contributed by atoms with Crippen LogP contribution in [0.3, 0.4) is 0 Å². The van der Waals surface area contributed by atoms with Crippen molar-refractivity contribution in [2.75, 3.05) is 5.32 Å². The van der Waals surface area contributed by atoms with Gasteiger partial charge in [0.25, 0.3) is 0 Å². The summed E-state index contributed by atoms with van der Waals surface area (Å²) in [4.78, 5) is 21.6. The Balaban J connectivity index is 2.89. The third kappa shape index (κ3) is 3.75. The highest BCUT2D eigenvalue weighted by molar-refractivity contribution is 6.02. The molecule has 1 rings (SSSR count). The SMILES string of the molecule is Cc1cc(C)c(NC(=O)/C=C/C(=O)[O-])c(C)c1. The second-order valence-electron chi connectivity index (χ2n) is 3.92. The zero-order chi connectivity index (χ0) is 13.0. The summed E-state index contributed by atoms with van der Waals surface area (Å²) < 4.78 is 0. The topological polar surface area (TPSA) is 69.2 Å². The molecular weight excluding hydrogens is 218 g/mol. The van der Waals surface area contributed by atoms with E-state index >= 15 is 0 Å². The molecule has 4 heteroatoms. The molecule has 1 aromatic rings. The van der Waals surface area contributed by atoms with Crippen LogP contribution in [-0.4, -0.2) is 11.9 Å². The molecule has 1 aromatic carbocycles. The minimum Gasteiger partial charge on any atom is -0.545 e. The van der Waals surface area contributed by atoms with Crippen molar-refractivity contribution in [1.29, 1.82) is 0 Å². The average molecular weight is 232 g/mol. The van der Waals surface area contributed by atoms with E-state index in [1.165, 1.54) is 0 Å². The number of hydrogen-bond acceptors (Lipinski definition) is 3. The molecule has 1 N–H and O–H groups in total. The lowest BCUT2D eigenvalue weighted by atomic mass is 10.1. The molecule has 0 aromatic heterocycles. The highest BCUT2D eigenvalue weighted by Gasteiger charge is 2.05. The molecule has 0 aliphatic rings. The number of aryl methyl sites for hydroxylation is 3. The Morgan fingerprint density at radius 1 is 1.12 bits per heavy atom. The van der Waals surface area contributed by atoms with Crippen molar-refractivity contribution in [1.82, 2.24) is 0 Å². The van der Waals surface area contributed by atoms with Crippen LogP contribution < -0.4 is 10.4 Å². The Hall–Kier alpha value is -2.10. The van der Waals surface area contributed by atoms with E-state index in [0.717, 1.165) is 22.8 Å². The molecule has 0 saturated carbocycles. The first-order valence-electron chi connectivity index (χ1n) is 5.18. The van der Waals surface area contributed by atoms with E-state index in [2.05, 4.69) is 5.32 Å². The summed E-state index contributed by atoms with van der Waals surface area (Å²) in [6.45, 7) is 5.75. The third-order valence-corrected chi connectivity index (χ3v) is 2.30. The summed E-state index contributed by atoms with van der Waals surface area (Å²) in [5.41, 5.74) is 3.71. The number of aliphatic carboxylic acids is 1. The van der Waals surface area contributed by atoms with E-state index in [-0.39, 0.29) is 0 Å². The third-order valence-electron chi connectivity index (χ3n) is 2.30. The van der Waals surface area contributed by atoms with E-state index < -0.39 is 11.9 Å². The van der Waals surface area contributed by atoms with Crippen LogP contribution >= 0.6 is 0 Å². The minimum atomic E-state index is -1.39. The number of benzene rings is 1. The Morgan fingerprint density at radius 3 is 2.12 bits per heavy atom. The molecule has 0 saturated heterocycles. The average Bonchev–Trinajstić information content (AvgIpc) is 2.20. The van der Waals surface area contributed by atoms with Crippen LogP contribution in [0.4, 0.5) is 5.69 Å². The summed E-state index contributed by atoms with van der Waals surface area (Å²) in [7, 11) is 0. The first-order valence-corrected chi connectivity index (χ1v) is 5.18. The lowest BCUT2D eigenvalue weighted by Crippen LogP contribution is -2.20. The first-order chi connectivity index (χ1) is 7.90. The van der Waals surface area contributed by atoms with Gasteiger partial charge in [-0.05, 0) is 38.0 Å². The van der Waals surface area contributed by atoms with Crippen molar-refractivity contribution in [3.63, 3.8) is 0 Å². The summed E-state index contributed by atoms with van der Waals surface area (Å²) in [6, 6.07) is 3.90. The van der Waals surface area contributed by atoms with Gasteiger partial charge < -0.3 is 15.2 Å². The highest BCUT2D eigenvalue weighted by atomic mass is 16.4. The van der Waals surface area contributed by atoms with Crippen LogP contribution in [0.2, 0.25) is 0 Å². The summed E-state index contributed by atoms with van der Waals surface area (Å²) >= 11 is 0. The zero-order valence-corrected chi connectivity index (χ0v) is 10.0. The van der Waals surface area contributed by atoms with Crippen molar-refractivity contribution in [2.45, 2.75) is 20.8 Å². The second kappa shape index (κ2) is 5.30. The maximum absolute atomic E-state index is 11.4. The van der Waals surface area contributed by atoms with E-state index in [0.29, 0.717) is 11.8 Å². The number of anilines is 1. The molecule has 0 unspecified atom stereocenters. The molecule has 0 fully saturated rings. The molecule has 0 aliphatic heterocycles. The molecule has 0 bridgehead atoms. The van der Waals surface area contributed by atoms with Crippen LogP contribution in [0.5, 0.6) is 0 Å². The minimum absolute atomic E-state index is 0.482. The maximum Gasteiger partial charge on any atom is 0.248 e. The summed E-state index contributed by atoms with van der Waals surface area (Å²) in [5.74, 6) is -1.87. The van der Waals surface area contributed by atoms with Gasteiger partial charge in [0, 0.05) is 11.8 Å². The normalized spacial score (nSPS) is 10.5. The Bertz CT molecular complexity index is 466. The van der Waals surface area contributed by atoms with Crippen molar-refractivity contribution in [3.8, 4) is 0 Å². The van der Waals surface area contributed by atoms with E-state index in [1.54, 1.807) is 0 Å². The molecule has 0 atom stereocenters. The lowest BCUT2D eigenvalue weighted by molar-refractivity contribution is -0.297. The summed E-state index contributed by atoms with van der Waals surface area (Å²) in [6.07, 6.45) is 1.64. The van der Waals surface area contributed by atoms with Crippen LogP contribution in [0.25, 0.3) is 0 Å². The quantitative estimate of drug-likeness (QED) is 0.786. The van der Waals surface area contributed by atoms with Crippen LogP contribution in [-0.2, 0) is 9.59 Å². The zero-order valence-electron chi connectivity index (χ0n) is 10.0. The number of carbonyl (C=O) groups excluding carboxylic acids is 2. The van der Waals surface area contributed by atoms with Gasteiger partial charge in [0.2, 0.25) is 5.91 Å². The molecule has 0 heterocycles. The Labute approximate surface area is 100.0 Å². The fourth-order valence-corrected chi connectivity index (χ4v) is 1.69. The molecule has 0 radical (unpaired) electrons. The van der Waals surface area contributed by atoms with Crippen LogP contribution in [0, 0.1) is 20.8 Å². The Kier molecular flexibility index (Phi) is 4.04. The van der Waals surface area contributed by atoms with Crippen molar-refractivity contribution < 1.29 is 14.7 Å². The van der Waals surface area contributed by atoms with Gasteiger partial charge in [-0.25, -0.2) is 0 Å². The van der Waals surface area contributed by atoms with Crippen LogP contribution in [0.1, 0.15) is 16.7 Å². The predicted octanol–water partition coefficient (Wildman–Crippen LogP) is 0.856. The number of carbonyl (C=O) groups is 2. The number of rotatable bonds is 3. The molecule has 90 valence electrons. The molecule has 1 amide bonds. The van der Waals surface area contributed by atoms with E-state index in [1.807, 2.05) is 32.9 Å². The first kappa shape index (κ1) is 13.0. The van der Waals surface area contributed by atoms with Crippen LogP contribution in [0.15, 0.2) is 24.3 Å². The van der Waals surface area contributed by atoms with Gasteiger partial charge in [-0.3, -0.25) is 4.79 Å². The van der Waals surface area contributed by atoms with Gasteiger partial charge in [-0.15, -0.1) is 0 Å². The fourth-order valence-electron chi connectivity index (χ4n) is 1.69. The van der Waals surface area contributed by atoms with Crippen molar-refractivity contribution >= 4 is 17.6 Å². The molecule has 0 spiro atoms. The van der Waals surface area contributed by atoms with E-state index in [9.17, 15) is 14.7 Å². The lowest BCUT2D eigenvalue weighted by Gasteiger charge is -2.11. The van der Waals surface area contributed by atoms with Crippen molar-refractivity contribution in [2.24, 2.45) is 0 Å². The Morgan fingerprint density at radius 2 is 1.65 bits per heavy atom.